The number of nitrogens with two attached hydrogens (primary N) is 2. The molecule has 0 bridgehead atoms. The second kappa shape index (κ2) is 217. The van der Waals surface area contributed by atoms with Crippen LogP contribution in [0.1, 0.15) is 41.5 Å². The smallest absolute Gasteiger partial charge is 2.00 e. The van der Waals surface area contributed by atoms with Gasteiger partial charge in [-0.25, -0.2) is 0 Å². The summed E-state index contributed by atoms with van der Waals surface area (Å²) < 4.78 is 248. The number of aliphatic carboxylic acids is 6. The summed E-state index contributed by atoms with van der Waals surface area (Å²) in [4.78, 5) is 94.6. The first-order valence-electron chi connectivity index (χ1n) is 13.3. The molecule has 0 heterocycles. The zero-order valence-corrected chi connectivity index (χ0v) is 91.7. The molecular formula is C12H34B4Ca5Ce6F8N8O57S5TiWZr-7. The van der Waals surface area contributed by atoms with Crippen LogP contribution in [-0.2, 0) is 205 Å². The van der Waals surface area contributed by atoms with Gasteiger partial charge >= 0.3 is 502 Å². The molecule has 0 amide bonds. The SMILES string of the molecule is CC(=O)[O-].CC(=O)[O-].CC(=O)[O-].CC(=O)[O-].CC(=O)[O-].CC(=O)[O-].F[B-](F)(F)F.F[B-](F)(F)F.O=S(=O)([O-])[O-].O=S(=O)([O-])[O-].O=S(=O)([O-])[O-].O=S(=O)([O-])[O-].O=S(=O)([O-])[O-].O=[N+]([O-])[O-].O=[N+]([O-])[O-].O=[N+]([O-])[O-].O=[N+]([O-])[O-].O=[N+]([O-])[O-].[BH4-].[BH4-].[Ca+2].[Ca+2].[Ca+2].[Ca+2].[Ca+2].[Ce+3].[Ce+3].[Ce+3].[Ce+4].[Ce+4].[Ce+4].[NH2-].[NH2-].[NH4+].[O-2].[O-2].[O-2].[O-2].[O-2].[O-2].[O-2].[O-2].[O-2].[O-2].[Ti+4].[W].[Zr+4]. The normalized spacial score (nSPS) is 6.30. The van der Waals surface area contributed by atoms with Gasteiger partial charge < -0.3 is 289 Å². The van der Waals surface area contributed by atoms with E-state index in [-0.39, 0.29) is 598 Å². The van der Waals surface area contributed by atoms with Crippen LogP contribution in [0, 0.1) is 327 Å². The van der Waals surface area contributed by atoms with E-state index in [1.807, 2.05) is 0 Å². The molecule has 0 aromatic rings. The number of carbonyl (C=O) groups excluding carboxylic acids is 6. The van der Waals surface area contributed by atoms with Crippen LogP contribution < -0.4 is 36.8 Å². The number of carboxylic acid groups (broad SMARTS) is 6. The predicted molar refractivity (Wildman–Crippen MR) is 263 cm³/mol. The van der Waals surface area contributed by atoms with E-state index in [0.29, 0.717) is 0 Å². The Morgan fingerprint density at radius 1 is 0.278 bits per heavy atom. The fourth-order valence-electron chi connectivity index (χ4n) is 0. The van der Waals surface area contributed by atoms with Gasteiger partial charge in [0, 0.05) is 109 Å². The second-order valence-electron chi connectivity index (χ2n) is 7.10. The Morgan fingerprint density at radius 3 is 0.278 bits per heavy atom. The maximum absolute atomic E-state index is 9.75. The molecule has 0 unspecified atom stereocenters. The molecule has 617 valence electrons. The average molecular weight is 2920 g/mol. The number of quaternary nitrogens is 1. The summed E-state index contributed by atoms with van der Waals surface area (Å²) in [5, 5.41) is 127. The minimum Gasteiger partial charge on any atom is -2.00 e. The summed E-state index contributed by atoms with van der Waals surface area (Å²) >= 11 is 0. The quantitative estimate of drug-likeness (QED) is 0.0588. The van der Waals surface area contributed by atoms with Gasteiger partial charge in [0.05, 0.1) is 25.4 Å². The molecule has 0 aliphatic heterocycles. The second-order valence-corrected chi connectivity index (χ2v) is 11.2. The monoisotopic (exact) mass is 2920 g/mol. The molecule has 0 aromatic heterocycles. The first-order valence-corrected chi connectivity index (χ1v) is 19.9. The predicted octanol–water partition coefficient (Wildman–Crippen LogP) is -16.9. The molecule has 8 N–H and O–H groups in total. The Kier molecular flexibility index (Phi) is 647. The Bertz CT molecular complexity index is 1780. The number of halogens is 8. The van der Waals surface area contributed by atoms with E-state index < -0.39 is 128 Å². The van der Waals surface area contributed by atoms with Crippen LogP contribution in [0.15, 0.2) is 0 Å². The van der Waals surface area contributed by atoms with Crippen LogP contribution in [0.25, 0.3) is 12.3 Å². The Labute approximate surface area is 1000 Å². The van der Waals surface area contributed by atoms with Gasteiger partial charge in [-0.2, -0.15) is 0 Å². The largest absolute Gasteiger partial charge is 4.00 e. The number of rotatable bonds is 0. The summed E-state index contributed by atoms with van der Waals surface area (Å²) in [5.41, 5.74) is 0. The Balaban J connectivity index is -0.00000000799. The van der Waals surface area contributed by atoms with Crippen molar-refractivity contribution in [2.45, 2.75) is 41.5 Å². The molecule has 96 heteroatoms. The first-order chi connectivity index (χ1) is 33.1. The molecule has 0 aromatic carbocycles. The minimum atomic E-state index is -6.00. The maximum atomic E-state index is 9.75. The van der Waals surface area contributed by atoms with Crippen molar-refractivity contribution in [3.63, 3.8) is 0 Å². The van der Waals surface area contributed by atoms with Crippen LogP contribution in [0.3, 0.4) is 0 Å². The molecule has 0 atom stereocenters. The molecule has 0 rings (SSSR count). The van der Waals surface area contributed by atoms with Gasteiger partial charge in [-0.05, 0) is 41.5 Å². The number of carbonyl (C=O) groups is 6. The van der Waals surface area contributed by atoms with Gasteiger partial charge in [-0.15, -0.1) is 0 Å². The van der Waals surface area contributed by atoms with Crippen molar-refractivity contribution in [1.82, 2.24) is 6.15 Å². The van der Waals surface area contributed by atoms with Crippen molar-refractivity contribution in [3.8, 4) is 0 Å². The van der Waals surface area contributed by atoms with Crippen LogP contribution in [0.5, 0.6) is 0 Å². The van der Waals surface area contributed by atoms with Crippen LogP contribution >= 0.6 is 0 Å². The molecule has 65 nitrogen and oxygen atoms in total. The summed E-state index contributed by atoms with van der Waals surface area (Å²) in [6.07, 6.45) is 0. The van der Waals surface area contributed by atoms with E-state index >= 15 is 0 Å². The summed E-state index contributed by atoms with van der Waals surface area (Å²) in [5.74, 6) is -6.50. The molecule has 108 heavy (non-hydrogen) atoms. The van der Waals surface area contributed by atoms with Gasteiger partial charge in [0.2, 0.25) is 0 Å². The van der Waals surface area contributed by atoms with Crippen molar-refractivity contribution in [3.05, 3.63) is 88.9 Å². The number of hydrogen-bond donors (Lipinski definition) is 1. The zero-order valence-electron chi connectivity index (χ0n) is 50.8. The van der Waals surface area contributed by atoms with Crippen molar-refractivity contribution in [2.24, 2.45) is 0 Å². The summed E-state index contributed by atoms with van der Waals surface area (Å²) in [6.45, 7) is 5.83. The van der Waals surface area contributed by atoms with Gasteiger partial charge in [0.25, 0.3) is 0 Å². The van der Waals surface area contributed by atoms with E-state index in [9.17, 15) is 34.5 Å². The minimum absolute atomic E-state index is 0. The molecule has 3 radical (unpaired) electrons. The fourth-order valence-corrected chi connectivity index (χ4v) is 0. The van der Waals surface area contributed by atoms with Crippen molar-refractivity contribution >= 4 is 308 Å². The van der Waals surface area contributed by atoms with Gasteiger partial charge in [-0.3, -0.25) is 42.1 Å². The standard InChI is InChI=1S/6C2H4O2.2BF4.2BH4.5Ca.6Ce.5NO3.H3N.2H2N.5H2O4S.10O.Ti.W.Zr/c6*1-2(3)4;2*2-1(3,4)5;;;;;;;;;;;;;;5*2-1(3)4;;;;5*1-5(2,3)4;;;;;;;;;;;;;/h6*1H3,(H,3,4);;;2*1H4;;;;;;;;;;;;;;;;;1H3;2*1H2;5*(H2,1,2,3,4);;;;;;;;;;;;;/q;;;;;;4*-1;5*+2;3*+3;3*+4;5*-1;;2*-1;;;;;;10*-2;+4;;+4/p-15. The number of hydrogen-bond acceptors (Lipinski definition) is 47. The van der Waals surface area contributed by atoms with E-state index in [1.54, 1.807) is 0 Å². The topological polar surface area (TPSA) is 1360 Å². The average Bonchev–Trinajstić information content (AvgIpc) is 2.87. The molecule has 0 fully saturated rings. The molecule has 0 aliphatic rings. The van der Waals surface area contributed by atoms with E-state index in [4.69, 9.17) is 224 Å². The molecule has 0 aliphatic carbocycles. The van der Waals surface area contributed by atoms with Gasteiger partial charge in [0.1, 0.15) is 0 Å². The fraction of sp³-hybridized carbons (Fsp3) is 0.500. The summed E-state index contributed by atoms with van der Waals surface area (Å²) in [6, 6.07) is 0. The summed E-state index contributed by atoms with van der Waals surface area (Å²) in [7, 11) is -37.8. The van der Waals surface area contributed by atoms with E-state index in [2.05, 4.69) is 0 Å². The van der Waals surface area contributed by atoms with E-state index in [0.717, 1.165) is 41.5 Å². The molecule has 0 saturated heterocycles. The van der Waals surface area contributed by atoms with Crippen molar-refractivity contribution < 1.29 is 581 Å². The third-order valence-corrected chi connectivity index (χ3v) is 0. The zero-order chi connectivity index (χ0) is 70.9. The Morgan fingerprint density at radius 2 is 0.278 bits per heavy atom. The third kappa shape index (κ3) is 21800. The van der Waals surface area contributed by atoms with Crippen molar-refractivity contribution in [2.75, 3.05) is 0 Å². The van der Waals surface area contributed by atoms with Crippen LogP contribution in [-0.4, -0.2) is 369 Å². The Hall–Kier alpha value is 8.19. The molecular weight excluding hydrogens is 2890 g/mol. The van der Waals surface area contributed by atoms with Gasteiger partial charge in [0.15, 0.2) is 0 Å². The number of nitrogens with zero attached hydrogens (tertiary/aromatic N) is 5. The first kappa shape index (κ1) is 322. The molecule has 0 saturated carbocycles. The van der Waals surface area contributed by atoms with Crippen molar-refractivity contribution in [1.29, 1.82) is 0 Å². The third-order valence-electron chi connectivity index (χ3n) is 0. The van der Waals surface area contributed by atoms with Crippen LogP contribution in [0.4, 0.5) is 34.5 Å². The maximum Gasteiger partial charge on any atom is 4.00 e. The number of carboxylic acids is 6. The van der Waals surface area contributed by atoms with Gasteiger partial charge in [-0.1, -0.05) is 16.8 Å². The van der Waals surface area contributed by atoms with E-state index in [1.165, 1.54) is 0 Å². The van der Waals surface area contributed by atoms with Crippen LogP contribution in [0.2, 0.25) is 0 Å². The molecule has 0 spiro atoms.